The highest BCUT2D eigenvalue weighted by atomic mass is 15.2. The summed E-state index contributed by atoms with van der Waals surface area (Å²) in [7, 11) is 1.97. The second-order valence-electron chi connectivity index (χ2n) is 3.99. The number of nitrogens with one attached hydrogen (secondary N) is 2. The third-order valence-electron chi connectivity index (χ3n) is 2.44. The van der Waals surface area contributed by atoms with Crippen LogP contribution in [0, 0.1) is 5.92 Å². The van der Waals surface area contributed by atoms with E-state index in [-0.39, 0.29) is 0 Å². The number of hydrogen-bond donors (Lipinski definition) is 2. The molecule has 0 saturated carbocycles. The van der Waals surface area contributed by atoms with Gasteiger partial charge in [0.2, 0.25) is 0 Å². The maximum Gasteiger partial charge on any atom is 0.157 e. The first-order valence-electron chi connectivity index (χ1n) is 5.48. The van der Waals surface area contributed by atoms with Crippen molar-refractivity contribution in [1.82, 2.24) is 19.9 Å². The highest BCUT2D eigenvalue weighted by Crippen LogP contribution is 2.06. The fourth-order valence-corrected chi connectivity index (χ4v) is 1.61. The lowest BCUT2D eigenvalue weighted by Crippen LogP contribution is -2.23. The third-order valence-corrected chi connectivity index (χ3v) is 2.44. The second kappa shape index (κ2) is 4.94. The van der Waals surface area contributed by atoms with E-state index in [9.17, 15) is 0 Å². The maximum atomic E-state index is 4.44. The summed E-state index contributed by atoms with van der Waals surface area (Å²) >= 11 is 0. The molecule has 86 valence electrons. The van der Waals surface area contributed by atoms with Crippen molar-refractivity contribution in [2.75, 3.05) is 25.5 Å². The molecule has 0 aromatic carbocycles. The first-order valence-corrected chi connectivity index (χ1v) is 5.48. The molecule has 2 aromatic heterocycles. The molecule has 0 amide bonds. The van der Waals surface area contributed by atoms with Gasteiger partial charge in [0.05, 0.1) is 6.20 Å². The van der Waals surface area contributed by atoms with Gasteiger partial charge < -0.3 is 10.6 Å². The molecule has 0 bridgehead atoms. The number of aromatic nitrogens is 3. The largest absolute Gasteiger partial charge is 0.370 e. The van der Waals surface area contributed by atoms with Crippen LogP contribution in [0.4, 0.5) is 5.82 Å². The molecule has 0 aliphatic carbocycles. The van der Waals surface area contributed by atoms with Crippen LogP contribution in [0.25, 0.3) is 5.65 Å². The first-order chi connectivity index (χ1) is 7.79. The maximum absolute atomic E-state index is 4.44. The molecule has 16 heavy (non-hydrogen) atoms. The van der Waals surface area contributed by atoms with Crippen molar-refractivity contribution in [1.29, 1.82) is 0 Å². The highest BCUT2D eigenvalue weighted by Gasteiger charge is 2.02. The Morgan fingerprint density at radius 2 is 2.25 bits per heavy atom. The van der Waals surface area contributed by atoms with Crippen LogP contribution < -0.4 is 10.6 Å². The van der Waals surface area contributed by atoms with Gasteiger partial charge in [-0.3, -0.25) is 0 Å². The van der Waals surface area contributed by atoms with E-state index in [1.54, 1.807) is 10.7 Å². The summed E-state index contributed by atoms with van der Waals surface area (Å²) in [5.74, 6) is 1.48. The van der Waals surface area contributed by atoms with Crippen LogP contribution in [0.3, 0.4) is 0 Å². The van der Waals surface area contributed by atoms with Gasteiger partial charge in [0.1, 0.15) is 5.82 Å². The Balaban J connectivity index is 1.98. The molecule has 0 radical (unpaired) electrons. The van der Waals surface area contributed by atoms with Crippen LogP contribution in [-0.2, 0) is 0 Å². The monoisotopic (exact) mass is 219 g/mol. The molecule has 2 rings (SSSR count). The van der Waals surface area contributed by atoms with Crippen molar-refractivity contribution in [3.63, 3.8) is 0 Å². The minimum absolute atomic E-state index is 0.577. The molecule has 2 heterocycles. The van der Waals surface area contributed by atoms with Gasteiger partial charge in [-0.25, -0.2) is 9.50 Å². The fraction of sp³-hybridized carbons (Fsp3) is 0.455. The Kier molecular flexibility index (Phi) is 3.36. The average molecular weight is 219 g/mol. The lowest BCUT2D eigenvalue weighted by molar-refractivity contribution is 0.569. The van der Waals surface area contributed by atoms with Crippen molar-refractivity contribution in [3.8, 4) is 0 Å². The van der Waals surface area contributed by atoms with E-state index >= 15 is 0 Å². The van der Waals surface area contributed by atoms with Gasteiger partial charge in [-0.15, -0.1) is 0 Å². The lowest BCUT2D eigenvalue weighted by Gasteiger charge is -2.12. The SMILES string of the molecule is CNCC(C)CNc1ccn2nccc2n1. The molecule has 5 heteroatoms. The van der Waals surface area contributed by atoms with Crippen LogP contribution in [0.2, 0.25) is 0 Å². The normalized spacial score (nSPS) is 12.9. The first kappa shape index (κ1) is 10.9. The van der Waals surface area contributed by atoms with Crippen LogP contribution in [0.15, 0.2) is 24.5 Å². The minimum atomic E-state index is 0.577. The lowest BCUT2D eigenvalue weighted by atomic mass is 10.2. The summed E-state index contributed by atoms with van der Waals surface area (Å²) in [6.45, 7) is 4.11. The van der Waals surface area contributed by atoms with Crippen LogP contribution in [-0.4, -0.2) is 34.7 Å². The number of fused-ring (bicyclic) bond motifs is 1. The van der Waals surface area contributed by atoms with Gasteiger partial charge in [-0.2, -0.15) is 5.10 Å². The predicted molar refractivity (Wildman–Crippen MR) is 64.6 cm³/mol. The van der Waals surface area contributed by atoms with Crippen molar-refractivity contribution in [2.24, 2.45) is 5.92 Å². The van der Waals surface area contributed by atoms with E-state index in [0.29, 0.717) is 5.92 Å². The number of rotatable bonds is 5. The molecule has 2 N–H and O–H groups in total. The molecule has 1 unspecified atom stereocenters. The molecule has 0 fully saturated rings. The van der Waals surface area contributed by atoms with E-state index in [0.717, 1.165) is 24.6 Å². The quantitative estimate of drug-likeness (QED) is 0.787. The molecule has 0 saturated heterocycles. The zero-order valence-electron chi connectivity index (χ0n) is 9.64. The molecule has 0 aliphatic rings. The zero-order chi connectivity index (χ0) is 11.4. The van der Waals surface area contributed by atoms with Crippen LogP contribution >= 0.6 is 0 Å². The van der Waals surface area contributed by atoms with Crippen molar-refractivity contribution < 1.29 is 0 Å². The zero-order valence-corrected chi connectivity index (χ0v) is 9.64. The molecule has 0 aliphatic heterocycles. The van der Waals surface area contributed by atoms with Gasteiger partial charge in [-0.05, 0) is 25.6 Å². The highest BCUT2D eigenvalue weighted by molar-refractivity contribution is 5.45. The smallest absolute Gasteiger partial charge is 0.157 e. The van der Waals surface area contributed by atoms with Crippen molar-refractivity contribution >= 4 is 11.5 Å². The molecule has 5 nitrogen and oxygen atoms in total. The van der Waals surface area contributed by atoms with Gasteiger partial charge in [0.25, 0.3) is 0 Å². The average Bonchev–Trinajstić information content (AvgIpc) is 2.74. The fourth-order valence-electron chi connectivity index (χ4n) is 1.61. The summed E-state index contributed by atoms with van der Waals surface area (Å²) < 4.78 is 1.75. The summed E-state index contributed by atoms with van der Waals surface area (Å²) in [6.07, 6.45) is 3.66. The van der Waals surface area contributed by atoms with E-state index in [1.807, 2.05) is 25.4 Å². The Morgan fingerprint density at radius 1 is 1.38 bits per heavy atom. The van der Waals surface area contributed by atoms with E-state index < -0.39 is 0 Å². The molecule has 0 spiro atoms. The van der Waals surface area contributed by atoms with Crippen molar-refractivity contribution in [2.45, 2.75) is 6.92 Å². The molecular weight excluding hydrogens is 202 g/mol. The van der Waals surface area contributed by atoms with E-state index in [1.165, 1.54) is 0 Å². The summed E-state index contributed by atoms with van der Waals surface area (Å²) in [6, 6.07) is 3.83. The molecule has 2 aromatic rings. The Labute approximate surface area is 94.9 Å². The Bertz CT molecular complexity index is 450. The van der Waals surface area contributed by atoms with E-state index in [2.05, 4.69) is 27.6 Å². The third kappa shape index (κ3) is 2.49. The standard InChI is InChI=1S/C11H17N5/c1-9(7-12-2)8-13-10-4-6-16-11(15-10)3-5-14-16/h3-6,9,12H,7-8H2,1-2H3,(H,13,15). The van der Waals surface area contributed by atoms with Crippen molar-refractivity contribution in [3.05, 3.63) is 24.5 Å². The predicted octanol–water partition coefficient (Wildman–Crippen LogP) is 0.997. The Hall–Kier alpha value is -1.62. The minimum Gasteiger partial charge on any atom is -0.370 e. The van der Waals surface area contributed by atoms with Gasteiger partial charge in [0, 0.05) is 18.8 Å². The van der Waals surface area contributed by atoms with Gasteiger partial charge in [0.15, 0.2) is 5.65 Å². The Morgan fingerprint density at radius 3 is 3.06 bits per heavy atom. The topological polar surface area (TPSA) is 54.2 Å². The summed E-state index contributed by atoms with van der Waals surface area (Å²) in [5.41, 5.74) is 0.867. The van der Waals surface area contributed by atoms with Crippen LogP contribution in [0.1, 0.15) is 6.92 Å². The number of hydrogen-bond acceptors (Lipinski definition) is 4. The number of nitrogens with zero attached hydrogens (tertiary/aromatic N) is 3. The summed E-state index contributed by atoms with van der Waals surface area (Å²) in [4.78, 5) is 4.44. The molecular formula is C11H17N5. The van der Waals surface area contributed by atoms with Gasteiger partial charge in [-0.1, -0.05) is 6.92 Å². The molecule has 1 atom stereocenters. The summed E-state index contributed by atoms with van der Waals surface area (Å²) in [5, 5.41) is 10.6. The van der Waals surface area contributed by atoms with Gasteiger partial charge >= 0.3 is 0 Å². The van der Waals surface area contributed by atoms with Crippen LogP contribution in [0.5, 0.6) is 0 Å². The van der Waals surface area contributed by atoms with E-state index in [4.69, 9.17) is 0 Å². The number of anilines is 1. The second-order valence-corrected chi connectivity index (χ2v) is 3.99.